The molecule has 7 heteroatoms. The summed E-state index contributed by atoms with van der Waals surface area (Å²) in [7, 11) is 0. The van der Waals surface area contributed by atoms with Gasteiger partial charge in [0.2, 0.25) is 5.91 Å². The van der Waals surface area contributed by atoms with Crippen LogP contribution in [0.25, 0.3) is 0 Å². The van der Waals surface area contributed by atoms with E-state index >= 15 is 0 Å². The number of benzene rings is 2. The number of nitro benzene ring substituents is 1. The van der Waals surface area contributed by atoms with Gasteiger partial charge in [-0.25, -0.2) is 0 Å². The molecule has 0 aromatic heterocycles. The lowest BCUT2D eigenvalue weighted by atomic mass is 9.69. The van der Waals surface area contributed by atoms with Crippen molar-refractivity contribution in [2.24, 2.45) is 5.41 Å². The van der Waals surface area contributed by atoms with Crippen LogP contribution in [0.15, 0.2) is 53.7 Å². The van der Waals surface area contributed by atoms with E-state index in [-0.39, 0.29) is 35.1 Å². The number of Topliss-reactive ketones (excluding diaryl/α,β-unsaturated/α-hetero) is 1. The first-order chi connectivity index (χ1) is 16.6. The second-order valence-corrected chi connectivity index (χ2v) is 10.3. The van der Waals surface area contributed by atoms with Gasteiger partial charge in [0.15, 0.2) is 5.78 Å². The molecule has 1 aliphatic carbocycles. The maximum atomic E-state index is 13.7. The fraction of sp³-hybridized carbons (Fsp3) is 0.429. The van der Waals surface area contributed by atoms with Gasteiger partial charge >= 0.3 is 0 Å². The topological polar surface area (TPSA) is 83.8 Å². The van der Waals surface area contributed by atoms with Crippen molar-refractivity contribution in [3.8, 4) is 0 Å². The van der Waals surface area contributed by atoms with Gasteiger partial charge in [-0.3, -0.25) is 24.6 Å². The summed E-state index contributed by atoms with van der Waals surface area (Å²) in [6.45, 7) is 11.9. The van der Waals surface area contributed by atoms with E-state index in [1.807, 2.05) is 32.9 Å². The summed E-state index contributed by atoms with van der Waals surface area (Å²) in [5.74, 6) is -0.410. The van der Waals surface area contributed by atoms with Gasteiger partial charge in [0.1, 0.15) is 0 Å². The molecule has 184 valence electrons. The van der Waals surface area contributed by atoms with Gasteiger partial charge in [-0.1, -0.05) is 32.0 Å². The molecule has 0 N–H and O–H groups in total. The van der Waals surface area contributed by atoms with Crippen molar-refractivity contribution in [3.63, 3.8) is 0 Å². The van der Waals surface area contributed by atoms with E-state index in [1.165, 1.54) is 12.1 Å². The van der Waals surface area contributed by atoms with Crippen LogP contribution in [0.1, 0.15) is 64.0 Å². The molecule has 1 heterocycles. The van der Waals surface area contributed by atoms with Gasteiger partial charge in [0, 0.05) is 60.9 Å². The Morgan fingerprint density at radius 3 is 2.31 bits per heavy atom. The van der Waals surface area contributed by atoms with Crippen LogP contribution in [0.4, 0.5) is 17.1 Å². The standard InChI is InChI=1S/C28H33N3O4/c1-6-29(7-2)20-12-9-19(10-13-20)22-15-26(33)30(23-14-21(31(34)35)11-8-18(23)3)24-16-28(4,5)17-25(32)27(22)24/h8-14,22H,6-7,15-17H2,1-5H3. The number of rotatable bonds is 6. The maximum absolute atomic E-state index is 13.7. The van der Waals surface area contributed by atoms with Gasteiger partial charge < -0.3 is 4.90 Å². The van der Waals surface area contributed by atoms with Gasteiger partial charge in [-0.15, -0.1) is 0 Å². The Hall–Kier alpha value is -3.48. The number of carbonyl (C=O) groups is 2. The summed E-state index contributed by atoms with van der Waals surface area (Å²) in [5.41, 5.74) is 4.28. The molecule has 1 amide bonds. The number of amides is 1. The first-order valence-corrected chi connectivity index (χ1v) is 12.3. The molecule has 2 aromatic carbocycles. The Morgan fingerprint density at radius 2 is 1.71 bits per heavy atom. The molecule has 2 aromatic rings. The fourth-order valence-corrected chi connectivity index (χ4v) is 5.44. The summed E-state index contributed by atoms with van der Waals surface area (Å²) in [5, 5.41) is 11.5. The zero-order chi connectivity index (χ0) is 25.5. The molecule has 1 unspecified atom stereocenters. The van der Waals surface area contributed by atoms with E-state index in [0.29, 0.717) is 29.8 Å². The van der Waals surface area contributed by atoms with E-state index in [2.05, 4.69) is 30.9 Å². The van der Waals surface area contributed by atoms with Gasteiger partial charge in [-0.05, 0) is 55.9 Å². The second-order valence-electron chi connectivity index (χ2n) is 10.3. The van der Waals surface area contributed by atoms with Crippen LogP contribution in [-0.4, -0.2) is 29.7 Å². The van der Waals surface area contributed by atoms with Crippen molar-refractivity contribution in [2.75, 3.05) is 22.9 Å². The molecule has 0 fully saturated rings. The molecule has 35 heavy (non-hydrogen) atoms. The van der Waals surface area contributed by atoms with E-state index in [9.17, 15) is 19.7 Å². The van der Waals surface area contributed by atoms with E-state index in [1.54, 1.807) is 11.0 Å². The Balaban J connectivity index is 1.85. The molecule has 1 atom stereocenters. The average molecular weight is 476 g/mol. The molecule has 0 radical (unpaired) electrons. The molecule has 0 bridgehead atoms. The SMILES string of the molecule is CCN(CC)c1ccc(C2CC(=O)N(c3cc([N+](=O)[O-])ccc3C)C3=C2C(=O)CC(C)(C)C3)cc1. The predicted octanol–water partition coefficient (Wildman–Crippen LogP) is 5.91. The summed E-state index contributed by atoms with van der Waals surface area (Å²) < 4.78 is 0. The number of ketones is 1. The zero-order valence-electron chi connectivity index (χ0n) is 21.1. The molecular weight excluding hydrogens is 442 g/mol. The number of aryl methyl sites for hydroxylation is 1. The minimum absolute atomic E-state index is 0.0506. The van der Waals surface area contributed by atoms with Crippen LogP contribution >= 0.6 is 0 Å². The zero-order valence-corrected chi connectivity index (χ0v) is 21.1. The Labute approximate surface area is 206 Å². The summed E-state index contributed by atoms with van der Waals surface area (Å²) >= 11 is 0. The lowest BCUT2D eigenvalue weighted by molar-refractivity contribution is -0.384. The van der Waals surface area contributed by atoms with Crippen LogP contribution in [0, 0.1) is 22.5 Å². The van der Waals surface area contributed by atoms with Crippen molar-refractivity contribution in [2.45, 2.75) is 59.8 Å². The Bertz CT molecular complexity index is 1210. The highest BCUT2D eigenvalue weighted by atomic mass is 16.6. The average Bonchev–Trinajstić information content (AvgIpc) is 2.79. The number of hydrogen-bond donors (Lipinski definition) is 0. The first kappa shape index (κ1) is 24.6. The lowest BCUT2D eigenvalue weighted by Crippen LogP contribution is -2.44. The number of carbonyl (C=O) groups excluding carboxylic acids is 2. The summed E-state index contributed by atoms with van der Waals surface area (Å²) in [6, 6.07) is 12.7. The maximum Gasteiger partial charge on any atom is 0.271 e. The Morgan fingerprint density at radius 1 is 1.06 bits per heavy atom. The van der Waals surface area contributed by atoms with Crippen molar-refractivity contribution in [3.05, 3.63) is 75.0 Å². The lowest BCUT2D eigenvalue weighted by Gasteiger charge is -2.43. The molecule has 4 rings (SSSR count). The van der Waals surface area contributed by atoms with Crippen LogP contribution < -0.4 is 9.80 Å². The third-order valence-electron chi connectivity index (χ3n) is 7.21. The van der Waals surface area contributed by atoms with Crippen LogP contribution in [0.3, 0.4) is 0 Å². The van der Waals surface area contributed by atoms with Crippen molar-refractivity contribution in [1.82, 2.24) is 0 Å². The fourth-order valence-electron chi connectivity index (χ4n) is 5.44. The molecule has 0 spiro atoms. The monoisotopic (exact) mass is 475 g/mol. The quantitative estimate of drug-likeness (QED) is 0.383. The normalized spacial score (nSPS) is 19.6. The minimum Gasteiger partial charge on any atom is -0.372 e. The number of nitrogens with zero attached hydrogens (tertiary/aromatic N) is 3. The van der Waals surface area contributed by atoms with Crippen molar-refractivity contribution < 1.29 is 14.5 Å². The summed E-state index contributed by atoms with van der Waals surface area (Å²) in [4.78, 5) is 42.0. The van der Waals surface area contributed by atoms with E-state index < -0.39 is 4.92 Å². The molecule has 2 aliphatic rings. The third kappa shape index (κ3) is 4.59. The summed E-state index contributed by atoms with van der Waals surface area (Å²) in [6.07, 6.45) is 1.11. The van der Waals surface area contributed by atoms with Gasteiger partial charge in [-0.2, -0.15) is 0 Å². The van der Waals surface area contributed by atoms with Crippen LogP contribution in [0.2, 0.25) is 0 Å². The highest BCUT2D eigenvalue weighted by Crippen LogP contribution is 2.49. The largest absolute Gasteiger partial charge is 0.372 e. The predicted molar refractivity (Wildman–Crippen MR) is 138 cm³/mol. The molecule has 7 nitrogen and oxygen atoms in total. The number of anilines is 2. The number of non-ortho nitro benzene ring substituents is 1. The first-order valence-electron chi connectivity index (χ1n) is 12.3. The smallest absolute Gasteiger partial charge is 0.271 e. The number of allylic oxidation sites excluding steroid dienone is 2. The van der Waals surface area contributed by atoms with Crippen molar-refractivity contribution >= 4 is 28.8 Å². The highest BCUT2D eigenvalue weighted by molar-refractivity contribution is 6.08. The molecule has 1 aliphatic heterocycles. The van der Waals surface area contributed by atoms with Crippen LogP contribution in [-0.2, 0) is 9.59 Å². The number of hydrogen-bond acceptors (Lipinski definition) is 5. The minimum atomic E-state index is -0.455. The Kier molecular flexibility index (Phi) is 6.54. The van der Waals surface area contributed by atoms with Gasteiger partial charge in [0.25, 0.3) is 5.69 Å². The third-order valence-corrected chi connectivity index (χ3v) is 7.21. The van der Waals surface area contributed by atoms with Gasteiger partial charge in [0.05, 0.1) is 10.6 Å². The molecule has 0 saturated heterocycles. The molecule has 0 saturated carbocycles. The van der Waals surface area contributed by atoms with E-state index in [4.69, 9.17) is 0 Å². The van der Waals surface area contributed by atoms with E-state index in [0.717, 1.165) is 29.9 Å². The second kappa shape index (κ2) is 9.29. The number of nitro groups is 1. The van der Waals surface area contributed by atoms with Crippen molar-refractivity contribution in [1.29, 1.82) is 0 Å². The highest BCUT2D eigenvalue weighted by Gasteiger charge is 2.44. The van der Waals surface area contributed by atoms with Crippen LogP contribution in [0.5, 0.6) is 0 Å². The molecular formula is C28H33N3O4.